The number of benzene rings is 2. The van der Waals surface area contributed by atoms with Gasteiger partial charge in [0.15, 0.2) is 0 Å². The highest BCUT2D eigenvalue weighted by molar-refractivity contribution is 7.89. The minimum absolute atomic E-state index is 0.0149. The highest BCUT2D eigenvalue weighted by atomic mass is 32.2. The highest BCUT2D eigenvalue weighted by Gasteiger charge is 2.38. The van der Waals surface area contributed by atoms with Crippen LogP contribution in [0, 0.1) is 17.8 Å². The molecule has 3 atom stereocenters. The number of unbranched alkanes of at least 4 members (excludes halogenated alkanes) is 1. The Morgan fingerprint density at radius 1 is 1.29 bits per heavy atom. The van der Waals surface area contributed by atoms with E-state index in [1.807, 2.05) is 13.8 Å². The van der Waals surface area contributed by atoms with Crippen molar-refractivity contribution in [2.45, 2.75) is 50.7 Å². The van der Waals surface area contributed by atoms with Crippen LogP contribution in [0.3, 0.4) is 0 Å². The summed E-state index contributed by atoms with van der Waals surface area (Å²) in [7, 11) is -0.714. The number of sulfonamides is 1. The van der Waals surface area contributed by atoms with Crippen LogP contribution in [0.2, 0.25) is 0 Å². The van der Waals surface area contributed by atoms with Crippen molar-refractivity contribution in [3.05, 3.63) is 48.0 Å². The zero-order chi connectivity index (χ0) is 27.9. The summed E-state index contributed by atoms with van der Waals surface area (Å²) in [5.41, 5.74) is 1.26. The van der Waals surface area contributed by atoms with E-state index in [0.717, 1.165) is 12.8 Å². The summed E-state index contributed by atoms with van der Waals surface area (Å²) >= 11 is 0. The lowest BCUT2D eigenvalue weighted by Gasteiger charge is -2.37. The Morgan fingerprint density at radius 2 is 2.00 bits per heavy atom. The van der Waals surface area contributed by atoms with Gasteiger partial charge >= 0.3 is 6.03 Å². The molecule has 2 aromatic rings. The van der Waals surface area contributed by atoms with Crippen molar-refractivity contribution >= 4 is 21.7 Å². The van der Waals surface area contributed by atoms with Gasteiger partial charge in [0, 0.05) is 43.2 Å². The topological polar surface area (TPSA) is 108 Å². The Morgan fingerprint density at radius 3 is 2.63 bits per heavy atom. The molecule has 1 heterocycles. The van der Waals surface area contributed by atoms with Crippen molar-refractivity contribution in [2.75, 3.05) is 39.2 Å². The standard InChI is InChI=1S/C28H37N3O6S/c1-6-7-8-9-22-10-15-27-25(16-22)37-26(20(2)17-31(21(3)19-32)38(27,34)35)18-30(4)28(33)29-23-11-13-24(36-5)14-12-23/h10-16,20-21,26,32H,6-7,17-19H2,1-5H3,(H,29,33)/t20-,21-,26+/m0/s1. The molecule has 0 bridgehead atoms. The fourth-order valence-electron chi connectivity index (χ4n) is 4.06. The summed E-state index contributed by atoms with van der Waals surface area (Å²) in [6.45, 7) is 5.59. The molecule has 0 radical (unpaired) electrons. The molecule has 1 aliphatic rings. The SMILES string of the molecule is CCCC#Cc1ccc2c(c1)O[C@H](CN(C)C(=O)Nc1ccc(OC)cc1)[C@@H](C)CN([C@@H](C)CO)S2(=O)=O. The number of nitrogens with one attached hydrogen (secondary N) is 1. The summed E-state index contributed by atoms with van der Waals surface area (Å²) in [5, 5.41) is 12.7. The van der Waals surface area contributed by atoms with Gasteiger partial charge in [0.25, 0.3) is 0 Å². The van der Waals surface area contributed by atoms with Crippen LogP contribution >= 0.6 is 0 Å². The van der Waals surface area contributed by atoms with Gasteiger partial charge in [-0.15, -0.1) is 0 Å². The lowest BCUT2D eigenvalue weighted by Crippen LogP contribution is -2.50. The van der Waals surface area contributed by atoms with Gasteiger partial charge in [-0.05, 0) is 55.8 Å². The molecule has 0 aliphatic carbocycles. The molecule has 3 rings (SSSR count). The maximum Gasteiger partial charge on any atom is 0.321 e. The van der Waals surface area contributed by atoms with Crippen LogP contribution in [0.1, 0.15) is 39.2 Å². The molecular weight excluding hydrogens is 506 g/mol. The van der Waals surface area contributed by atoms with E-state index in [2.05, 4.69) is 17.2 Å². The first-order chi connectivity index (χ1) is 18.1. The number of anilines is 1. The molecule has 9 nitrogen and oxygen atoms in total. The number of rotatable bonds is 7. The summed E-state index contributed by atoms with van der Waals surface area (Å²) < 4.78 is 40.0. The molecular formula is C28H37N3O6S. The summed E-state index contributed by atoms with van der Waals surface area (Å²) in [4.78, 5) is 14.5. The van der Waals surface area contributed by atoms with Gasteiger partial charge in [-0.2, -0.15) is 4.31 Å². The van der Waals surface area contributed by atoms with Crippen molar-refractivity contribution in [1.82, 2.24) is 9.21 Å². The van der Waals surface area contributed by atoms with Crippen LogP contribution in [0.25, 0.3) is 0 Å². The molecule has 38 heavy (non-hydrogen) atoms. The molecule has 10 heteroatoms. The predicted molar refractivity (Wildman–Crippen MR) is 147 cm³/mol. The molecule has 0 spiro atoms. The van der Waals surface area contributed by atoms with Crippen molar-refractivity contribution in [3.8, 4) is 23.3 Å². The Bertz CT molecular complexity index is 1270. The second kappa shape index (κ2) is 13.0. The third-order valence-electron chi connectivity index (χ3n) is 6.42. The molecule has 0 aromatic heterocycles. The number of hydrogen-bond acceptors (Lipinski definition) is 6. The van der Waals surface area contributed by atoms with E-state index < -0.39 is 22.2 Å². The lowest BCUT2D eigenvalue weighted by atomic mass is 10.0. The molecule has 2 aromatic carbocycles. The maximum absolute atomic E-state index is 13.6. The van der Waals surface area contributed by atoms with Crippen LogP contribution in [0.5, 0.6) is 11.5 Å². The first kappa shape index (κ1) is 29.3. The van der Waals surface area contributed by atoms with Crippen LogP contribution in [-0.4, -0.2) is 74.8 Å². The van der Waals surface area contributed by atoms with Gasteiger partial charge in [0.1, 0.15) is 22.5 Å². The quantitative estimate of drug-likeness (QED) is 0.515. The number of carbonyl (C=O) groups is 1. The smallest absolute Gasteiger partial charge is 0.321 e. The van der Waals surface area contributed by atoms with E-state index in [1.54, 1.807) is 57.5 Å². The second-order valence-corrected chi connectivity index (χ2v) is 11.4. The largest absolute Gasteiger partial charge is 0.497 e. The second-order valence-electron chi connectivity index (χ2n) is 9.49. The highest BCUT2D eigenvalue weighted by Crippen LogP contribution is 2.34. The molecule has 2 amide bonds. The molecule has 0 unspecified atom stereocenters. The summed E-state index contributed by atoms with van der Waals surface area (Å²) in [6, 6.07) is 10.8. The number of aliphatic hydroxyl groups is 1. The Hall–Kier alpha value is -3.26. The fraction of sp³-hybridized carbons (Fsp3) is 0.464. The molecule has 0 fully saturated rings. The first-order valence-corrected chi connectivity index (χ1v) is 14.1. The van der Waals surface area contributed by atoms with Crippen LogP contribution in [0.4, 0.5) is 10.5 Å². The van der Waals surface area contributed by atoms with E-state index in [-0.39, 0.29) is 42.3 Å². The lowest BCUT2D eigenvalue weighted by molar-refractivity contribution is 0.0830. The minimum atomic E-state index is -3.95. The number of ether oxygens (including phenoxy) is 2. The summed E-state index contributed by atoms with van der Waals surface area (Å²) in [5.74, 6) is 6.71. The van der Waals surface area contributed by atoms with Gasteiger partial charge in [0.2, 0.25) is 10.0 Å². The number of methoxy groups -OCH3 is 1. The fourth-order valence-corrected chi connectivity index (χ4v) is 5.88. The number of carbonyl (C=O) groups excluding carboxylic acids is 1. The van der Waals surface area contributed by atoms with Crippen LogP contribution in [0.15, 0.2) is 47.4 Å². The average Bonchev–Trinajstić information content (AvgIpc) is 2.90. The summed E-state index contributed by atoms with van der Waals surface area (Å²) in [6.07, 6.45) is 1.12. The Kier molecular flexibility index (Phi) is 10.0. The number of likely N-dealkylation sites (N-methyl/N-ethyl adjacent to an activating group) is 1. The van der Waals surface area contributed by atoms with E-state index in [1.165, 1.54) is 15.3 Å². The van der Waals surface area contributed by atoms with Gasteiger partial charge in [0.05, 0.1) is 20.3 Å². The number of aliphatic hydroxyl groups excluding tert-OH is 1. The minimum Gasteiger partial charge on any atom is -0.497 e. The van der Waals surface area contributed by atoms with Crippen LogP contribution < -0.4 is 14.8 Å². The van der Waals surface area contributed by atoms with Gasteiger partial charge in [-0.3, -0.25) is 0 Å². The van der Waals surface area contributed by atoms with E-state index in [0.29, 0.717) is 17.0 Å². The van der Waals surface area contributed by atoms with Crippen molar-refractivity contribution in [3.63, 3.8) is 0 Å². The molecule has 1 aliphatic heterocycles. The third kappa shape index (κ3) is 6.98. The maximum atomic E-state index is 13.6. The number of amides is 2. The van der Waals surface area contributed by atoms with Crippen LogP contribution in [-0.2, 0) is 10.0 Å². The normalized spacial score (nSPS) is 19.4. The number of urea groups is 1. The third-order valence-corrected chi connectivity index (χ3v) is 8.44. The van der Waals surface area contributed by atoms with E-state index in [4.69, 9.17) is 9.47 Å². The van der Waals surface area contributed by atoms with Gasteiger partial charge in [-0.1, -0.05) is 25.7 Å². The number of nitrogens with zero attached hydrogens (tertiary/aromatic N) is 2. The zero-order valence-corrected chi connectivity index (χ0v) is 23.4. The molecule has 2 N–H and O–H groups in total. The molecule has 0 saturated carbocycles. The first-order valence-electron chi connectivity index (χ1n) is 12.7. The van der Waals surface area contributed by atoms with E-state index >= 15 is 0 Å². The molecule has 0 saturated heterocycles. The zero-order valence-electron chi connectivity index (χ0n) is 22.6. The van der Waals surface area contributed by atoms with Crippen molar-refractivity contribution in [1.29, 1.82) is 0 Å². The van der Waals surface area contributed by atoms with Gasteiger partial charge in [-0.25, -0.2) is 13.2 Å². The molecule has 206 valence electrons. The van der Waals surface area contributed by atoms with Gasteiger partial charge < -0.3 is 24.8 Å². The van der Waals surface area contributed by atoms with E-state index in [9.17, 15) is 18.3 Å². The number of fused-ring (bicyclic) bond motifs is 1. The Labute approximate surface area is 225 Å². The monoisotopic (exact) mass is 543 g/mol. The predicted octanol–water partition coefficient (Wildman–Crippen LogP) is 3.78. The Balaban J connectivity index is 1.91. The average molecular weight is 544 g/mol. The van der Waals surface area contributed by atoms with Crippen molar-refractivity contribution in [2.24, 2.45) is 5.92 Å². The number of hydrogen-bond donors (Lipinski definition) is 2. The van der Waals surface area contributed by atoms with Crippen molar-refractivity contribution < 1.29 is 27.8 Å².